The van der Waals surface area contributed by atoms with Crippen LogP contribution in [-0.2, 0) is 19.4 Å². The van der Waals surface area contributed by atoms with Gasteiger partial charge in [0.2, 0.25) is 0 Å². The molecule has 124 valence electrons. The van der Waals surface area contributed by atoms with Crippen LogP contribution in [0.3, 0.4) is 0 Å². The van der Waals surface area contributed by atoms with E-state index in [0.717, 1.165) is 36.1 Å². The molecule has 1 aromatic carbocycles. The number of aryl methyl sites for hydroxylation is 2. The Bertz CT molecular complexity index is 983. The van der Waals surface area contributed by atoms with Gasteiger partial charge in [0, 0.05) is 9.35 Å². The van der Waals surface area contributed by atoms with Gasteiger partial charge < -0.3 is 9.72 Å². The lowest BCUT2D eigenvalue weighted by molar-refractivity contribution is 0.281. The van der Waals surface area contributed by atoms with E-state index in [0.29, 0.717) is 15.7 Å². The van der Waals surface area contributed by atoms with E-state index < -0.39 is 5.82 Å². The highest BCUT2D eigenvalue weighted by molar-refractivity contribution is 9.10. The Morgan fingerprint density at radius 1 is 1.33 bits per heavy atom. The number of rotatable bonds is 3. The first-order chi connectivity index (χ1) is 11.6. The lowest BCUT2D eigenvalue weighted by Crippen LogP contribution is -2.14. The van der Waals surface area contributed by atoms with E-state index in [-0.39, 0.29) is 17.9 Å². The number of aromatic nitrogens is 2. The van der Waals surface area contributed by atoms with E-state index >= 15 is 0 Å². The molecule has 0 spiro atoms. The van der Waals surface area contributed by atoms with Crippen LogP contribution in [0.1, 0.15) is 29.1 Å². The van der Waals surface area contributed by atoms with Crippen molar-refractivity contribution >= 4 is 37.5 Å². The van der Waals surface area contributed by atoms with Crippen molar-refractivity contribution in [3.05, 3.63) is 55.1 Å². The third-order valence-corrected chi connectivity index (χ3v) is 5.81. The minimum Gasteiger partial charge on any atom is -0.483 e. The van der Waals surface area contributed by atoms with Crippen molar-refractivity contribution in [2.45, 2.75) is 32.3 Å². The van der Waals surface area contributed by atoms with Crippen molar-refractivity contribution in [3.63, 3.8) is 0 Å². The van der Waals surface area contributed by atoms with Crippen LogP contribution in [0.25, 0.3) is 10.2 Å². The van der Waals surface area contributed by atoms with Crippen LogP contribution in [0.2, 0.25) is 0 Å². The number of benzene rings is 1. The van der Waals surface area contributed by atoms with Crippen molar-refractivity contribution in [2.75, 3.05) is 0 Å². The molecule has 3 aromatic rings. The molecule has 0 saturated carbocycles. The van der Waals surface area contributed by atoms with Gasteiger partial charge in [0.25, 0.3) is 5.56 Å². The van der Waals surface area contributed by atoms with Crippen LogP contribution in [0.4, 0.5) is 4.39 Å². The number of halogens is 2. The van der Waals surface area contributed by atoms with Crippen LogP contribution in [0.15, 0.2) is 27.5 Å². The van der Waals surface area contributed by atoms with Gasteiger partial charge in [-0.1, -0.05) is 15.9 Å². The average Bonchev–Trinajstić information content (AvgIpc) is 2.92. The summed E-state index contributed by atoms with van der Waals surface area (Å²) in [4.78, 5) is 21.7. The van der Waals surface area contributed by atoms with E-state index in [1.807, 2.05) is 0 Å². The predicted octanol–water partition coefficient (Wildman–Crippen LogP) is 4.34. The number of nitrogens with one attached hydrogen (secondary N) is 1. The maximum atomic E-state index is 13.8. The summed E-state index contributed by atoms with van der Waals surface area (Å²) in [7, 11) is 0. The van der Waals surface area contributed by atoms with Gasteiger partial charge in [0.1, 0.15) is 17.3 Å². The maximum Gasteiger partial charge on any atom is 0.260 e. The van der Waals surface area contributed by atoms with Crippen molar-refractivity contribution in [2.24, 2.45) is 0 Å². The highest BCUT2D eigenvalue weighted by Gasteiger charge is 2.19. The van der Waals surface area contributed by atoms with Gasteiger partial charge in [-0.2, -0.15) is 0 Å². The van der Waals surface area contributed by atoms with Crippen LogP contribution < -0.4 is 10.3 Å². The number of H-pyrrole nitrogens is 1. The SMILES string of the molecule is O=c1[nH]c(COc2ccc(Br)cc2F)nc2sc3c(c12)CCCC3. The largest absolute Gasteiger partial charge is 0.483 e. The van der Waals surface area contributed by atoms with E-state index in [1.54, 1.807) is 23.5 Å². The number of nitrogens with zero attached hydrogens (tertiary/aromatic N) is 1. The summed E-state index contributed by atoms with van der Waals surface area (Å²) in [5.41, 5.74) is 1.02. The van der Waals surface area contributed by atoms with Gasteiger partial charge in [0.05, 0.1) is 5.39 Å². The topological polar surface area (TPSA) is 55.0 Å². The molecular formula is C17H14BrFN2O2S. The standard InChI is InChI=1S/C17H14BrFN2O2S/c18-9-5-6-12(11(19)7-9)23-8-14-20-16(22)15-10-3-1-2-4-13(10)24-17(15)21-14/h5-7H,1-4,8H2,(H,20,21,22). The average molecular weight is 409 g/mol. The lowest BCUT2D eigenvalue weighted by atomic mass is 9.97. The first kappa shape index (κ1) is 15.8. The number of hydrogen-bond acceptors (Lipinski definition) is 4. The number of aromatic amines is 1. The number of hydrogen-bond donors (Lipinski definition) is 1. The molecule has 1 N–H and O–H groups in total. The van der Waals surface area contributed by atoms with Crippen LogP contribution in [-0.4, -0.2) is 9.97 Å². The van der Waals surface area contributed by atoms with Crippen LogP contribution >= 0.6 is 27.3 Å². The minimum atomic E-state index is -0.459. The molecule has 0 saturated heterocycles. The van der Waals surface area contributed by atoms with Gasteiger partial charge in [-0.25, -0.2) is 9.37 Å². The zero-order valence-corrected chi connectivity index (χ0v) is 15.1. The molecule has 1 aliphatic rings. The van der Waals surface area contributed by atoms with Crippen molar-refractivity contribution in [1.29, 1.82) is 0 Å². The summed E-state index contributed by atoms with van der Waals surface area (Å²) in [5.74, 6) is 0.0826. The van der Waals surface area contributed by atoms with Crippen LogP contribution in [0, 0.1) is 5.82 Å². The molecule has 0 unspecified atom stereocenters. The Hall–Kier alpha value is -1.73. The van der Waals surface area contributed by atoms with Crippen molar-refractivity contribution in [1.82, 2.24) is 9.97 Å². The molecule has 1 aliphatic carbocycles. The number of thiophene rings is 1. The Labute approximate surface area is 149 Å². The highest BCUT2D eigenvalue weighted by Crippen LogP contribution is 2.33. The Morgan fingerprint density at radius 3 is 3.00 bits per heavy atom. The molecule has 0 radical (unpaired) electrons. The summed E-state index contributed by atoms with van der Waals surface area (Å²) >= 11 is 4.79. The summed E-state index contributed by atoms with van der Waals surface area (Å²) in [5, 5.41) is 0.716. The smallest absolute Gasteiger partial charge is 0.260 e. The molecule has 0 atom stereocenters. The molecule has 7 heteroatoms. The Balaban J connectivity index is 1.64. The quantitative estimate of drug-likeness (QED) is 0.700. The zero-order chi connectivity index (χ0) is 16.7. The summed E-state index contributed by atoms with van der Waals surface area (Å²) < 4.78 is 19.9. The minimum absolute atomic E-state index is 0.0201. The summed E-state index contributed by atoms with van der Waals surface area (Å²) in [6.07, 6.45) is 4.24. The van der Waals surface area contributed by atoms with Crippen LogP contribution in [0.5, 0.6) is 5.75 Å². The van der Waals surface area contributed by atoms with E-state index in [1.165, 1.54) is 10.9 Å². The molecule has 0 amide bonds. The van der Waals surface area contributed by atoms with Gasteiger partial charge in [0.15, 0.2) is 11.6 Å². The second-order valence-electron chi connectivity index (χ2n) is 5.77. The highest BCUT2D eigenvalue weighted by atomic mass is 79.9. The molecule has 24 heavy (non-hydrogen) atoms. The Morgan fingerprint density at radius 2 is 2.17 bits per heavy atom. The van der Waals surface area contributed by atoms with E-state index in [2.05, 4.69) is 25.9 Å². The van der Waals surface area contributed by atoms with E-state index in [9.17, 15) is 9.18 Å². The third kappa shape index (κ3) is 2.86. The lowest BCUT2D eigenvalue weighted by Gasteiger charge is -2.09. The number of ether oxygens (including phenoxy) is 1. The molecule has 2 heterocycles. The van der Waals surface area contributed by atoms with Gasteiger partial charge in [-0.3, -0.25) is 4.79 Å². The Kier molecular flexibility index (Phi) is 4.14. The second-order valence-corrected chi connectivity index (χ2v) is 7.77. The van der Waals surface area contributed by atoms with Gasteiger partial charge in [-0.15, -0.1) is 11.3 Å². The van der Waals surface area contributed by atoms with Crippen molar-refractivity contribution < 1.29 is 9.13 Å². The fourth-order valence-corrected chi connectivity index (χ4v) is 4.63. The molecule has 2 aromatic heterocycles. The molecular weight excluding hydrogens is 395 g/mol. The summed E-state index contributed by atoms with van der Waals surface area (Å²) in [6, 6.07) is 4.58. The first-order valence-electron chi connectivity index (χ1n) is 7.73. The fraction of sp³-hybridized carbons (Fsp3) is 0.294. The monoisotopic (exact) mass is 408 g/mol. The van der Waals surface area contributed by atoms with Crippen molar-refractivity contribution in [3.8, 4) is 5.75 Å². The third-order valence-electron chi connectivity index (χ3n) is 4.13. The molecule has 0 aliphatic heterocycles. The molecule has 0 fully saturated rings. The molecule has 0 bridgehead atoms. The fourth-order valence-electron chi connectivity index (χ4n) is 3.02. The number of fused-ring (bicyclic) bond motifs is 3. The first-order valence-corrected chi connectivity index (χ1v) is 9.34. The molecule has 4 rings (SSSR count). The normalized spacial score (nSPS) is 13.9. The summed E-state index contributed by atoms with van der Waals surface area (Å²) in [6.45, 7) is 0.0201. The van der Waals surface area contributed by atoms with Gasteiger partial charge in [-0.05, 0) is 49.4 Å². The zero-order valence-electron chi connectivity index (χ0n) is 12.7. The second kappa shape index (κ2) is 6.29. The van der Waals surface area contributed by atoms with E-state index in [4.69, 9.17) is 4.74 Å². The van der Waals surface area contributed by atoms with Gasteiger partial charge >= 0.3 is 0 Å². The maximum absolute atomic E-state index is 13.8. The predicted molar refractivity (Wildman–Crippen MR) is 95.3 cm³/mol. The molecule has 4 nitrogen and oxygen atoms in total.